The van der Waals surface area contributed by atoms with Crippen LogP contribution >= 0.6 is 0 Å². The number of ketones is 1. The first-order valence-corrected chi connectivity index (χ1v) is 5.20. The molecule has 1 rings (SSSR count). The average Bonchev–Trinajstić information content (AvgIpc) is 2.15. The Morgan fingerprint density at radius 2 is 1.93 bits per heavy atom. The topological polar surface area (TPSA) is 17.1 Å². The maximum Gasteiger partial charge on any atom is 0.169 e. The molecule has 0 amide bonds. The van der Waals surface area contributed by atoms with E-state index in [9.17, 15) is 4.79 Å². The van der Waals surface area contributed by atoms with Crippen LogP contribution in [0.1, 0.15) is 35.3 Å². The van der Waals surface area contributed by atoms with Crippen molar-refractivity contribution in [1.29, 1.82) is 0 Å². The van der Waals surface area contributed by atoms with Crippen molar-refractivity contribution in [1.82, 2.24) is 0 Å². The Morgan fingerprint density at radius 3 is 2.40 bits per heavy atom. The van der Waals surface area contributed by atoms with Gasteiger partial charge in [-0.2, -0.15) is 0 Å². The lowest BCUT2D eigenvalue weighted by Crippen LogP contribution is -2.13. The second kappa shape index (κ2) is 4.43. The molecule has 0 fully saturated rings. The van der Waals surface area contributed by atoms with Crippen LogP contribution in [-0.2, 0) is 0 Å². The zero-order valence-electron chi connectivity index (χ0n) is 9.92. The van der Waals surface area contributed by atoms with E-state index < -0.39 is 0 Å². The van der Waals surface area contributed by atoms with Gasteiger partial charge in [-0.3, -0.25) is 4.79 Å². The zero-order valence-corrected chi connectivity index (χ0v) is 9.92. The monoisotopic (exact) mass is 202 g/mol. The van der Waals surface area contributed by atoms with Gasteiger partial charge in [-0.15, -0.1) is 0 Å². The number of allylic oxidation sites excluding steroid dienone is 1. The van der Waals surface area contributed by atoms with Crippen molar-refractivity contribution in [2.75, 3.05) is 0 Å². The maximum absolute atomic E-state index is 12.1. The minimum absolute atomic E-state index is 0.0913. The Kier molecular flexibility index (Phi) is 3.46. The second-order valence-electron chi connectivity index (χ2n) is 4.25. The third kappa shape index (κ3) is 2.56. The molecule has 15 heavy (non-hydrogen) atoms. The number of rotatable bonds is 3. The van der Waals surface area contributed by atoms with Crippen LogP contribution in [0.2, 0.25) is 0 Å². The molecule has 0 saturated carbocycles. The highest BCUT2D eigenvalue weighted by Gasteiger charge is 2.17. The van der Waals surface area contributed by atoms with Crippen molar-refractivity contribution in [2.24, 2.45) is 5.92 Å². The smallest absolute Gasteiger partial charge is 0.169 e. The van der Waals surface area contributed by atoms with Gasteiger partial charge in [0, 0.05) is 11.5 Å². The summed E-state index contributed by atoms with van der Waals surface area (Å²) in [6, 6.07) is 5.93. The molecule has 0 unspecified atom stereocenters. The van der Waals surface area contributed by atoms with Crippen molar-refractivity contribution in [3.8, 4) is 0 Å². The molecule has 80 valence electrons. The molecule has 0 spiro atoms. The molecule has 0 aromatic heterocycles. The Hall–Kier alpha value is -1.37. The molecular weight excluding hydrogens is 184 g/mol. The fourth-order valence-electron chi connectivity index (χ4n) is 1.55. The fraction of sp³-hybridized carbons (Fsp3) is 0.357. The van der Waals surface area contributed by atoms with Crippen LogP contribution in [0.15, 0.2) is 30.4 Å². The number of carbonyl (C=O) groups excluding carboxylic acids is 1. The molecule has 1 nitrogen and oxygen atoms in total. The van der Waals surface area contributed by atoms with E-state index >= 15 is 0 Å². The molecule has 1 heteroatoms. The van der Waals surface area contributed by atoms with Crippen LogP contribution in [0.4, 0.5) is 0 Å². The molecule has 0 saturated heterocycles. The van der Waals surface area contributed by atoms with Gasteiger partial charge in [0.05, 0.1) is 0 Å². The summed E-state index contributed by atoms with van der Waals surface area (Å²) in [6.45, 7) is 11.6. The highest BCUT2D eigenvalue weighted by Crippen LogP contribution is 2.18. The van der Waals surface area contributed by atoms with E-state index in [1.165, 1.54) is 5.56 Å². The van der Waals surface area contributed by atoms with Gasteiger partial charge in [0.15, 0.2) is 5.78 Å². The van der Waals surface area contributed by atoms with E-state index in [1.54, 1.807) is 0 Å². The van der Waals surface area contributed by atoms with Crippen molar-refractivity contribution >= 4 is 5.78 Å². The first-order chi connectivity index (χ1) is 6.93. The predicted octanol–water partition coefficient (Wildman–Crippen LogP) is 3.70. The third-order valence-corrected chi connectivity index (χ3v) is 2.78. The van der Waals surface area contributed by atoms with Gasteiger partial charge < -0.3 is 0 Å². The molecule has 1 atom stereocenters. The van der Waals surface area contributed by atoms with E-state index in [1.807, 2.05) is 45.9 Å². The Balaban J connectivity index is 3.07. The van der Waals surface area contributed by atoms with E-state index in [2.05, 4.69) is 6.58 Å². The van der Waals surface area contributed by atoms with Crippen molar-refractivity contribution in [3.05, 3.63) is 47.0 Å². The van der Waals surface area contributed by atoms with Gasteiger partial charge in [-0.1, -0.05) is 42.8 Å². The molecule has 1 aromatic carbocycles. The molecule has 0 bridgehead atoms. The summed E-state index contributed by atoms with van der Waals surface area (Å²) < 4.78 is 0. The van der Waals surface area contributed by atoms with Crippen molar-refractivity contribution in [3.63, 3.8) is 0 Å². The van der Waals surface area contributed by atoms with E-state index in [-0.39, 0.29) is 11.7 Å². The summed E-state index contributed by atoms with van der Waals surface area (Å²) in [6.07, 6.45) is 0. The SMILES string of the molecule is C=C(C)[C@H](C)C(=O)c1ccc(C)cc1C. The van der Waals surface area contributed by atoms with Gasteiger partial charge >= 0.3 is 0 Å². The van der Waals surface area contributed by atoms with Crippen LogP contribution in [0.3, 0.4) is 0 Å². The first-order valence-electron chi connectivity index (χ1n) is 5.20. The standard InChI is InChI=1S/C14H18O/c1-9(2)12(5)14(15)13-7-6-10(3)8-11(13)4/h6-8,12H,1H2,2-5H3/t12-/m0/s1. The summed E-state index contributed by atoms with van der Waals surface area (Å²) in [4.78, 5) is 12.1. The maximum atomic E-state index is 12.1. The van der Waals surface area contributed by atoms with Gasteiger partial charge in [0.25, 0.3) is 0 Å². The Labute approximate surface area is 91.8 Å². The molecule has 0 aliphatic heterocycles. The van der Waals surface area contributed by atoms with Gasteiger partial charge in [0.1, 0.15) is 0 Å². The van der Waals surface area contributed by atoms with E-state index in [4.69, 9.17) is 0 Å². The largest absolute Gasteiger partial charge is 0.294 e. The number of benzene rings is 1. The number of Topliss-reactive ketones (excluding diaryl/α,β-unsaturated/α-hetero) is 1. The molecule has 0 aliphatic rings. The average molecular weight is 202 g/mol. The summed E-state index contributed by atoms with van der Waals surface area (Å²) >= 11 is 0. The number of carbonyl (C=O) groups is 1. The summed E-state index contributed by atoms with van der Waals surface area (Å²) in [7, 11) is 0. The van der Waals surface area contributed by atoms with Crippen LogP contribution in [0.5, 0.6) is 0 Å². The molecule has 0 aliphatic carbocycles. The van der Waals surface area contributed by atoms with Crippen molar-refractivity contribution < 1.29 is 4.79 Å². The van der Waals surface area contributed by atoms with Gasteiger partial charge in [-0.25, -0.2) is 0 Å². The Morgan fingerprint density at radius 1 is 1.33 bits per heavy atom. The number of hydrogen-bond acceptors (Lipinski definition) is 1. The normalized spacial score (nSPS) is 12.3. The molecule has 0 radical (unpaired) electrons. The lowest BCUT2D eigenvalue weighted by atomic mass is 9.91. The lowest BCUT2D eigenvalue weighted by Gasteiger charge is -2.12. The van der Waals surface area contributed by atoms with Crippen LogP contribution in [0, 0.1) is 19.8 Å². The molecular formula is C14H18O. The summed E-state index contributed by atoms with van der Waals surface area (Å²) in [5.41, 5.74) is 3.97. The summed E-state index contributed by atoms with van der Waals surface area (Å²) in [5.74, 6) is 0.0754. The van der Waals surface area contributed by atoms with Gasteiger partial charge in [0.2, 0.25) is 0 Å². The second-order valence-corrected chi connectivity index (χ2v) is 4.25. The highest BCUT2D eigenvalue weighted by atomic mass is 16.1. The highest BCUT2D eigenvalue weighted by molar-refractivity contribution is 6.00. The Bertz CT molecular complexity index is 402. The van der Waals surface area contributed by atoms with Crippen LogP contribution in [-0.4, -0.2) is 5.78 Å². The van der Waals surface area contributed by atoms with E-state index in [0.717, 1.165) is 16.7 Å². The third-order valence-electron chi connectivity index (χ3n) is 2.78. The van der Waals surface area contributed by atoms with Crippen LogP contribution in [0.25, 0.3) is 0 Å². The fourth-order valence-corrected chi connectivity index (χ4v) is 1.55. The van der Waals surface area contributed by atoms with Gasteiger partial charge in [-0.05, 0) is 26.3 Å². The van der Waals surface area contributed by atoms with Crippen LogP contribution < -0.4 is 0 Å². The minimum Gasteiger partial charge on any atom is -0.294 e. The molecule has 0 N–H and O–H groups in total. The number of aryl methyl sites for hydroxylation is 2. The molecule has 0 heterocycles. The molecule has 1 aromatic rings. The number of hydrogen-bond donors (Lipinski definition) is 0. The lowest BCUT2D eigenvalue weighted by molar-refractivity contribution is 0.0947. The van der Waals surface area contributed by atoms with E-state index in [0.29, 0.717) is 0 Å². The van der Waals surface area contributed by atoms with Crippen molar-refractivity contribution in [2.45, 2.75) is 27.7 Å². The zero-order chi connectivity index (χ0) is 11.6. The quantitative estimate of drug-likeness (QED) is 0.539. The first kappa shape index (κ1) is 11.7. The minimum atomic E-state index is -0.0913. The predicted molar refractivity (Wildman–Crippen MR) is 64.2 cm³/mol. The summed E-state index contributed by atoms with van der Waals surface area (Å²) in [5, 5.41) is 0.